The highest BCUT2D eigenvalue weighted by Crippen LogP contribution is 2.13. The molecule has 2 N–H and O–H groups in total. The van der Waals surface area contributed by atoms with Crippen molar-refractivity contribution in [3.8, 4) is 0 Å². The molecule has 0 aliphatic carbocycles. The van der Waals surface area contributed by atoms with Crippen molar-refractivity contribution >= 4 is 23.5 Å². The average Bonchev–Trinajstić information content (AvgIpc) is 2.78. The van der Waals surface area contributed by atoms with Crippen LogP contribution in [0.1, 0.15) is 149 Å². The quantitative estimate of drug-likeness (QED) is 0.0701. The lowest BCUT2D eigenvalue weighted by Crippen LogP contribution is -2.32. The Morgan fingerprint density at radius 1 is 0.677 bits per heavy atom. The second-order valence-corrected chi connectivity index (χ2v) is 9.67. The Morgan fingerprint density at radius 2 is 1.13 bits per heavy atom. The van der Waals surface area contributed by atoms with Crippen molar-refractivity contribution in [3.63, 3.8) is 0 Å². The molecule has 184 valence electrons. The van der Waals surface area contributed by atoms with Gasteiger partial charge in [-0.1, -0.05) is 130 Å². The summed E-state index contributed by atoms with van der Waals surface area (Å²) in [6, 6.07) is 0. The average molecular weight is 454 g/mol. The SMILES string of the molecule is CCCCCCCCCCCCCCCCCCNC(=S)N/N=C\[C@@H](CC)CCCC. The smallest absolute Gasteiger partial charge is 0.186 e. The summed E-state index contributed by atoms with van der Waals surface area (Å²) in [5, 5.41) is 8.24. The van der Waals surface area contributed by atoms with Gasteiger partial charge in [0.1, 0.15) is 0 Å². The number of rotatable bonds is 23. The van der Waals surface area contributed by atoms with Crippen LogP contribution in [0.5, 0.6) is 0 Å². The van der Waals surface area contributed by atoms with E-state index in [0.29, 0.717) is 11.0 Å². The van der Waals surface area contributed by atoms with Crippen LogP contribution in [0.4, 0.5) is 0 Å². The number of hydrogen-bond acceptors (Lipinski definition) is 2. The summed E-state index contributed by atoms with van der Waals surface area (Å²) in [5.74, 6) is 0.565. The first-order valence-electron chi connectivity index (χ1n) is 13.8. The van der Waals surface area contributed by atoms with E-state index in [1.54, 1.807) is 0 Å². The van der Waals surface area contributed by atoms with E-state index in [-0.39, 0.29) is 0 Å². The first-order valence-corrected chi connectivity index (χ1v) is 14.2. The van der Waals surface area contributed by atoms with Gasteiger partial charge in [0.15, 0.2) is 5.11 Å². The maximum atomic E-state index is 5.30. The summed E-state index contributed by atoms with van der Waals surface area (Å²) in [7, 11) is 0. The minimum absolute atomic E-state index is 0.565. The van der Waals surface area contributed by atoms with Gasteiger partial charge in [-0.05, 0) is 37.4 Å². The van der Waals surface area contributed by atoms with E-state index in [0.717, 1.165) is 13.0 Å². The zero-order chi connectivity index (χ0) is 22.8. The highest BCUT2D eigenvalue weighted by atomic mass is 32.1. The maximum absolute atomic E-state index is 5.30. The van der Waals surface area contributed by atoms with Gasteiger partial charge in [0.05, 0.1) is 0 Å². The van der Waals surface area contributed by atoms with Crippen LogP contribution in [-0.2, 0) is 0 Å². The van der Waals surface area contributed by atoms with Crippen LogP contribution in [0.3, 0.4) is 0 Å². The van der Waals surface area contributed by atoms with Crippen molar-refractivity contribution in [2.45, 2.75) is 149 Å². The number of unbranched alkanes of at least 4 members (excludes halogenated alkanes) is 16. The first kappa shape index (κ1) is 30.4. The first-order chi connectivity index (χ1) is 15.2. The fraction of sp³-hybridized carbons (Fsp3) is 0.926. The molecule has 0 fully saturated rings. The molecule has 31 heavy (non-hydrogen) atoms. The Kier molecular flexibility index (Phi) is 25.1. The van der Waals surface area contributed by atoms with E-state index >= 15 is 0 Å². The largest absolute Gasteiger partial charge is 0.361 e. The molecule has 0 aliphatic rings. The van der Waals surface area contributed by atoms with Crippen LogP contribution in [0.25, 0.3) is 0 Å². The van der Waals surface area contributed by atoms with Gasteiger partial charge in [-0.2, -0.15) is 5.10 Å². The van der Waals surface area contributed by atoms with Gasteiger partial charge >= 0.3 is 0 Å². The van der Waals surface area contributed by atoms with E-state index in [2.05, 4.69) is 36.6 Å². The molecular formula is C27H55N3S. The lowest BCUT2D eigenvalue weighted by atomic mass is 10.0. The van der Waals surface area contributed by atoms with Crippen LogP contribution in [0.2, 0.25) is 0 Å². The summed E-state index contributed by atoms with van der Waals surface area (Å²) < 4.78 is 0. The molecular weight excluding hydrogens is 398 g/mol. The normalized spacial score (nSPS) is 12.4. The van der Waals surface area contributed by atoms with Gasteiger partial charge in [-0.25, -0.2) is 0 Å². The highest BCUT2D eigenvalue weighted by Gasteiger charge is 2.01. The van der Waals surface area contributed by atoms with E-state index in [1.165, 1.54) is 122 Å². The van der Waals surface area contributed by atoms with Gasteiger partial charge in [-0.3, -0.25) is 5.43 Å². The minimum Gasteiger partial charge on any atom is -0.361 e. The predicted molar refractivity (Wildman–Crippen MR) is 145 cm³/mol. The molecule has 3 nitrogen and oxygen atoms in total. The second-order valence-electron chi connectivity index (χ2n) is 9.26. The van der Waals surface area contributed by atoms with E-state index in [9.17, 15) is 0 Å². The van der Waals surface area contributed by atoms with E-state index in [4.69, 9.17) is 12.2 Å². The van der Waals surface area contributed by atoms with Crippen LogP contribution in [0, 0.1) is 5.92 Å². The van der Waals surface area contributed by atoms with Crippen molar-refractivity contribution < 1.29 is 0 Å². The summed E-state index contributed by atoms with van der Waals surface area (Å²) >= 11 is 5.30. The van der Waals surface area contributed by atoms with Gasteiger partial charge in [0, 0.05) is 12.8 Å². The molecule has 4 heteroatoms. The standard InChI is InChI=1S/C27H55N3S/c1-4-7-9-10-11-12-13-14-15-16-17-18-19-20-21-22-24-28-27(31)30-29-25-26(6-3)23-8-5-2/h25-26H,4-24H2,1-3H3,(H2,28,30,31)/b29-25-/t26-/m0/s1. The molecule has 1 atom stereocenters. The molecule has 0 bridgehead atoms. The lowest BCUT2D eigenvalue weighted by molar-refractivity contribution is 0.529. The van der Waals surface area contributed by atoms with Crippen molar-refractivity contribution in [3.05, 3.63) is 0 Å². The van der Waals surface area contributed by atoms with Gasteiger partial charge < -0.3 is 5.32 Å². The third-order valence-electron chi connectivity index (χ3n) is 6.22. The number of nitrogens with one attached hydrogen (secondary N) is 2. The Bertz CT molecular complexity index is 398. The number of hydrazone groups is 1. The third-order valence-corrected chi connectivity index (χ3v) is 6.46. The molecule has 0 aliphatic heterocycles. The van der Waals surface area contributed by atoms with Gasteiger partial charge in [0.25, 0.3) is 0 Å². The van der Waals surface area contributed by atoms with Crippen LogP contribution < -0.4 is 10.7 Å². The molecule has 0 radical (unpaired) electrons. The Morgan fingerprint density at radius 3 is 1.58 bits per heavy atom. The molecule has 0 saturated heterocycles. The number of hydrogen-bond donors (Lipinski definition) is 2. The highest BCUT2D eigenvalue weighted by molar-refractivity contribution is 7.80. The van der Waals surface area contributed by atoms with E-state index in [1.807, 2.05) is 6.21 Å². The van der Waals surface area contributed by atoms with Crippen molar-refractivity contribution in [1.29, 1.82) is 0 Å². The Labute approximate surface area is 201 Å². The van der Waals surface area contributed by atoms with Gasteiger partial charge in [0.2, 0.25) is 0 Å². The van der Waals surface area contributed by atoms with Crippen LogP contribution in [0.15, 0.2) is 5.10 Å². The monoisotopic (exact) mass is 453 g/mol. The predicted octanol–water partition coefficient (Wildman–Crippen LogP) is 8.91. The van der Waals surface area contributed by atoms with Crippen molar-refractivity contribution in [1.82, 2.24) is 10.7 Å². The molecule has 0 unspecified atom stereocenters. The van der Waals surface area contributed by atoms with Gasteiger partial charge in [-0.15, -0.1) is 0 Å². The maximum Gasteiger partial charge on any atom is 0.186 e. The minimum atomic E-state index is 0.565. The topological polar surface area (TPSA) is 36.4 Å². The number of thiocarbonyl (C=S) groups is 1. The summed E-state index contributed by atoms with van der Waals surface area (Å²) in [6.07, 6.45) is 29.4. The zero-order valence-corrected chi connectivity index (χ0v) is 22.2. The number of nitrogens with zero attached hydrogens (tertiary/aromatic N) is 1. The Balaban J connectivity index is 3.31. The molecule has 0 aromatic carbocycles. The molecule has 0 rings (SSSR count). The van der Waals surface area contributed by atoms with Crippen molar-refractivity contribution in [2.24, 2.45) is 11.0 Å². The molecule has 0 aromatic rings. The fourth-order valence-corrected chi connectivity index (χ4v) is 4.12. The molecule has 0 spiro atoms. The molecule has 0 heterocycles. The third kappa shape index (κ3) is 23.8. The molecule has 0 aromatic heterocycles. The second kappa shape index (κ2) is 25.6. The summed E-state index contributed by atoms with van der Waals surface area (Å²) in [4.78, 5) is 0. The van der Waals surface area contributed by atoms with Crippen LogP contribution >= 0.6 is 12.2 Å². The zero-order valence-electron chi connectivity index (χ0n) is 21.4. The molecule has 0 saturated carbocycles. The van der Waals surface area contributed by atoms with Crippen LogP contribution in [-0.4, -0.2) is 17.9 Å². The van der Waals surface area contributed by atoms with Crippen molar-refractivity contribution in [2.75, 3.05) is 6.54 Å². The molecule has 0 amide bonds. The summed E-state index contributed by atoms with van der Waals surface area (Å²) in [5.41, 5.74) is 2.97. The Hall–Kier alpha value is -0.640. The lowest BCUT2D eigenvalue weighted by Gasteiger charge is -2.09. The van der Waals surface area contributed by atoms with E-state index < -0.39 is 0 Å². The fourth-order valence-electron chi connectivity index (χ4n) is 3.97. The summed E-state index contributed by atoms with van der Waals surface area (Å²) in [6.45, 7) is 7.70.